The number of benzene rings is 1. The molecule has 0 atom stereocenters. The molecule has 0 fully saturated rings. The summed E-state index contributed by atoms with van der Waals surface area (Å²) in [5.74, 6) is 0. The molecule has 0 bridgehead atoms. The fraction of sp³-hybridized carbons (Fsp3) is 0.214. The Morgan fingerprint density at radius 1 is 1.21 bits per heavy atom. The molecule has 1 aromatic heterocycles. The predicted octanol–water partition coefficient (Wildman–Crippen LogP) is 0.748. The predicted molar refractivity (Wildman–Crippen MR) is 68.9 cm³/mol. The summed E-state index contributed by atoms with van der Waals surface area (Å²) in [6, 6.07) is 9.79. The highest BCUT2D eigenvalue weighted by Crippen LogP contribution is 2.28. The highest BCUT2D eigenvalue weighted by Gasteiger charge is 2.23. The Labute approximate surface area is 108 Å². The zero-order valence-corrected chi connectivity index (χ0v) is 10.1. The topological polar surface area (TPSA) is 78.7 Å². The van der Waals surface area contributed by atoms with Crippen LogP contribution in [0.1, 0.15) is 22.7 Å². The summed E-state index contributed by atoms with van der Waals surface area (Å²) in [7, 11) is 0. The molecule has 0 unspecified atom stereocenters. The molecule has 94 valence electrons. The minimum atomic E-state index is -0.626. The van der Waals surface area contributed by atoms with Gasteiger partial charge in [-0.05, 0) is 24.0 Å². The van der Waals surface area contributed by atoms with Crippen LogP contribution in [-0.4, -0.2) is 9.55 Å². The van der Waals surface area contributed by atoms with Gasteiger partial charge in [0.05, 0.1) is 0 Å². The molecule has 0 saturated heterocycles. The van der Waals surface area contributed by atoms with E-state index in [0.717, 1.165) is 12.8 Å². The standard InChI is InChI=1S/C14H11N3O2/c15-7-11-8-17(14(19)16-13(11)18)12-5-9-3-1-2-4-10(9)6-12/h1-4,8,12H,5-6H2,(H,16,18,19). The van der Waals surface area contributed by atoms with Gasteiger partial charge in [-0.3, -0.25) is 14.3 Å². The van der Waals surface area contributed by atoms with E-state index in [2.05, 4.69) is 4.98 Å². The van der Waals surface area contributed by atoms with E-state index in [-0.39, 0.29) is 11.6 Å². The van der Waals surface area contributed by atoms with Crippen molar-refractivity contribution in [1.29, 1.82) is 5.26 Å². The van der Waals surface area contributed by atoms with Crippen LogP contribution in [0.2, 0.25) is 0 Å². The number of H-pyrrole nitrogens is 1. The van der Waals surface area contributed by atoms with Crippen LogP contribution in [0.5, 0.6) is 0 Å². The zero-order valence-electron chi connectivity index (χ0n) is 10.1. The summed E-state index contributed by atoms with van der Waals surface area (Å²) in [4.78, 5) is 25.4. The molecular weight excluding hydrogens is 242 g/mol. The van der Waals surface area contributed by atoms with Crippen molar-refractivity contribution in [2.24, 2.45) is 0 Å². The third-order valence-electron chi connectivity index (χ3n) is 3.51. The fourth-order valence-electron chi connectivity index (χ4n) is 2.57. The van der Waals surface area contributed by atoms with Gasteiger partial charge >= 0.3 is 5.69 Å². The SMILES string of the molecule is N#Cc1cn(C2Cc3ccccc3C2)c(=O)[nH]c1=O. The van der Waals surface area contributed by atoms with E-state index in [1.165, 1.54) is 21.9 Å². The average molecular weight is 253 g/mol. The van der Waals surface area contributed by atoms with Crippen LogP contribution >= 0.6 is 0 Å². The zero-order chi connectivity index (χ0) is 13.4. The van der Waals surface area contributed by atoms with E-state index in [1.54, 1.807) is 6.07 Å². The molecule has 1 aliphatic rings. The molecule has 1 N–H and O–H groups in total. The molecule has 5 nitrogen and oxygen atoms in total. The first-order valence-electron chi connectivity index (χ1n) is 6.01. The molecule has 0 aliphatic heterocycles. The monoisotopic (exact) mass is 253 g/mol. The Morgan fingerprint density at radius 3 is 2.42 bits per heavy atom. The maximum atomic E-state index is 11.8. The summed E-state index contributed by atoms with van der Waals surface area (Å²) < 4.78 is 1.46. The average Bonchev–Trinajstić information content (AvgIpc) is 2.82. The first-order chi connectivity index (χ1) is 9.19. The van der Waals surface area contributed by atoms with E-state index in [4.69, 9.17) is 5.26 Å². The normalized spacial score (nSPS) is 14.1. The van der Waals surface area contributed by atoms with Gasteiger partial charge in [0.2, 0.25) is 0 Å². The minimum absolute atomic E-state index is 0.0319. The Bertz CT molecular complexity index is 770. The van der Waals surface area contributed by atoms with Crippen LogP contribution in [0.3, 0.4) is 0 Å². The lowest BCUT2D eigenvalue weighted by Crippen LogP contribution is -2.33. The Kier molecular flexibility index (Phi) is 2.57. The van der Waals surface area contributed by atoms with E-state index in [0.29, 0.717) is 0 Å². The molecular formula is C14H11N3O2. The quantitative estimate of drug-likeness (QED) is 0.814. The van der Waals surface area contributed by atoms with Gasteiger partial charge in [0, 0.05) is 12.2 Å². The van der Waals surface area contributed by atoms with E-state index in [9.17, 15) is 9.59 Å². The Hall–Kier alpha value is -2.61. The molecule has 0 radical (unpaired) electrons. The maximum Gasteiger partial charge on any atom is 0.328 e. The lowest BCUT2D eigenvalue weighted by atomic mass is 10.1. The third-order valence-corrected chi connectivity index (χ3v) is 3.51. The van der Waals surface area contributed by atoms with Crippen LogP contribution in [0, 0.1) is 11.3 Å². The van der Waals surface area contributed by atoms with Crippen molar-refractivity contribution in [2.45, 2.75) is 18.9 Å². The molecule has 0 spiro atoms. The third kappa shape index (κ3) is 1.87. The smallest absolute Gasteiger partial charge is 0.296 e. The first-order valence-corrected chi connectivity index (χ1v) is 6.01. The molecule has 3 rings (SSSR count). The number of hydrogen-bond acceptors (Lipinski definition) is 3. The summed E-state index contributed by atoms with van der Waals surface area (Å²) in [6.45, 7) is 0. The molecule has 19 heavy (non-hydrogen) atoms. The lowest BCUT2D eigenvalue weighted by Gasteiger charge is -2.12. The second kappa shape index (κ2) is 4.25. The van der Waals surface area contributed by atoms with Crippen LogP contribution in [0.25, 0.3) is 0 Å². The minimum Gasteiger partial charge on any atom is -0.296 e. The number of hydrogen-bond donors (Lipinski definition) is 1. The van der Waals surface area contributed by atoms with Crippen LogP contribution in [0.15, 0.2) is 40.1 Å². The summed E-state index contributed by atoms with van der Waals surface area (Å²) in [6.07, 6.45) is 2.84. The largest absolute Gasteiger partial charge is 0.328 e. The number of nitrogens with one attached hydrogen (secondary N) is 1. The first kappa shape index (κ1) is 11.5. The number of fused-ring (bicyclic) bond motifs is 1. The van der Waals surface area contributed by atoms with Gasteiger partial charge in [0.15, 0.2) is 0 Å². The molecule has 1 aromatic carbocycles. The Balaban J connectivity index is 2.05. The van der Waals surface area contributed by atoms with Gasteiger partial charge in [0.25, 0.3) is 5.56 Å². The second-order valence-electron chi connectivity index (χ2n) is 4.65. The van der Waals surface area contributed by atoms with Crippen LogP contribution < -0.4 is 11.2 Å². The summed E-state index contributed by atoms with van der Waals surface area (Å²) in [5, 5.41) is 8.86. The Morgan fingerprint density at radius 2 is 1.84 bits per heavy atom. The maximum absolute atomic E-state index is 11.8. The highest BCUT2D eigenvalue weighted by molar-refractivity contribution is 5.33. The summed E-state index contributed by atoms with van der Waals surface area (Å²) in [5.41, 5.74) is 1.31. The van der Waals surface area contributed by atoms with Crippen molar-refractivity contribution in [3.05, 3.63) is 68.0 Å². The van der Waals surface area contributed by atoms with Gasteiger partial charge in [-0.1, -0.05) is 24.3 Å². The molecule has 2 aromatic rings. The van der Waals surface area contributed by atoms with Gasteiger partial charge in [-0.2, -0.15) is 5.26 Å². The fourth-order valence-corrected chi connectivity index (χ4v) is 2.57. The number of nitrogens with zero attached hydrogens (tertiary/aromatic N) is 2. The number of aromatic amines is 1. The highest BCUT2D eigenvalue weighted by atomic mass is 16.2. The van der Waals surface area contributed by atoms with E-state index >= 15 is 0 Å². The van der Waals surface area contributed by atoms with Crippen LogP contribution in [0.4, 0.5) is 0 Å². The molecule has 0 amide bonds. The van der Waals surface area contributed by atoms with E-state index in [1.807, 2.05) is 24.3 Å². The van der Waals surface area contributed by atoms with E-state index < -0.39 is 11.2 Å². The van der Waals surface area contributed by atoms with Crippen molar-refractivity contribution in [1.82, 2.24) is 9.55 Å². The van der Waals surface area contributed by atoms with Gasteiger partial charge < -0.3 is 0 Å². The van der Waals surface area contributed by atoms with Crippen molar-refractivity contribution in [2.75, 3.05) is 0 Å². The number of nitriles is 1. The van der Waals surface area contributed by atoms with Crippen molar-refractivity contribution < 1.29 is 0 Å². The van der Waals surface area contributed by atoms with Gasteiger partial charge in [0.1, 0.15) is 11.6 Å². The molecule has 1 aliphatic carbocycles. The summed E-state index contributed by atoms with van der Waals surface area (Å²) >= 11 is 0. The molecule has 0 saturated carbocycles. The van der Waals surface area contributed by atoms with Gasteiger partial charge in [-0.25, -0.2) is 4.79 Å². The number of rotatable bonds is 1. The van der Waals surface area contributed by atoms with Crippen LogP contribution in [-0.2, 0) is 12.8 Å². The van der Waals surface area contributed by atoms with Crippen molar-refractivity contribution in [3.63, 3.8) is 0 Å². The van der Waals surface area contributed by atoms with Crippen molar-refractivity contribution in [3.8, 4) is 6.07 Å². The van der Waals surface area contributed by atoms with Gasteiger partial charge in [-0.15, -0.1) is 0 Å². The molecule has 5 heteroatoms. The lowest BCUT2D eigenvalue weighted by molar-refractivity contribution is 0.499. The molecule has 1 heterocycles. The van der Waals surface area contributed by atoms with Crippen molar-refractivity contribution >= 4 is 0 Å². The second-order valence-corrected chi connectivity index (χ2v) is 4.65. The number of aromatic nitrogens is 2.